The summed E-state index contributed by atoms with van der Waals surface area (Å²) in [6.45, 7) is 0.296. The summed E-state index contributed by atoms with van der Waals surface area (Å²) in [5, 5.41) is 0. The van der Waals surface area contributed by atoms with E-state index in [2.05, 4.69) is 0 Å². The van der Waals surface area contributed by atoms with Crippen LogP contribution in [0.25, 0.3) is 0 Å². The molecular formula is C7H14FNO. The molecule has 0 saturated carbocycles. The molecule has 0 aromatic heterocycles. The van der Waals surface area contributed by atoms with Gasteiger partial charge in [0.1, 0.15) is 6.67 Å². The highest BCUT2D eigenvalue weighted by Crippen LogP contribution is 2.21. The Labute approximate surface area is 60.5 Å². The van der Waals surface area contributed by atoms with Gasteiger partial charge in [-0.3, -0.25) is 0 Å². The third-order valence-electron chi connectivity index (χ3n) is 1.86. The zero-order chi connectivity index (χ0) is 7.40. The van der Waals surface area contributed by atoms with E-state index in [1.54, 1.807) is 0 Å². The van der Waals surface area contributed by atoms with E-state index < -0.39 is 0 Å². The number of rotatable bonds is 3. The molecule has 0 amide bonds. The molecule has 60 valence electrons. The fraction of sp³-hybridized carbons (Fsp3) is 1.00. The molecule has 0 aromatic carbocycles. The summed E-state index contributed by atoms with van der Waals surface area (Å²) in [6, 6.07) is 0. The van der Waals surface area contributed by atoms with Gasteiger partial charge in [0.25, 0.3) is 0 Å². The van der Waals surface area contributed by atoms with Gasteiger partial charge >= 0.3 is 0 Å². The lowest BCUT2D eigenvalue weighted by molar-refractivity contribution is 0.0285. The van der Waals surface area contributed by atoms with Crippen LogP contribution >= 0.6 is 0 Å². The molecule has 0 spiro atoms. The van der Waals surface area contributed by atoms with Gasteiger partial charge in [-0.25, -0.2) is 4.39 Å². The van der Waals surface area contributed by atoms with E-state index in [0.717, 1.165) is 19.3 Å². The van der Waals surface area contributed by atoms with Gasteiger partial charge in [-0.15, -0.1) is 0 Å². The predicted octanol–water partition coefficient (Wildman–Crippen LogP) is 0.852. The van der Waals surface area contributed by atoms with E-state index in [9.17, 15) is 4.39 Å². The molecule has 0 bridgehead atoms. The second-order valence-corrected chi connectivity index (χ2v) is 2.69. The van der Waals surface area contributed by atoms with Crippen molar-refractivity contribution in [3.8, 4) is 0 Å². The summed E-state index contributed by atoms with van der Waals surface area (Å²) >= 11 is 0. The second-order valence-electron chi connectivity index (χ2n) is 2.69. The molecular weight excluding hydrogens is 133 g/mol. The van der Waals surface area contributed by atoms with Crippen molar-refractivity contribution in [2.45, 2.75) is 31.5 Å². The van der Waals surface area contributed by atoms with Crippen LogP contribution in [0.5, 0.6) is 0 Å². The molecule has 0 radical (unpaired) electrons. The van der Waals surface area contributed by atoms with Crippen LogP contribution in [-0.2, 0) is 4.74 Å². The summed E-state index contributed by atoms with van der Waals surface area (Å²) in [5.74, 6) is 0. The molecule has 2 nitrogen and oxygen atoms in total. The number of alkyl halides is 1. The smallest absolute Gasteiger partial charge is 0.116 e. The Balaban J connectivity index is 2.15. The van der Waals surface area contributed by atoms with Crippen molar-refractivity contribution in [3.05, 3.63) is 0 Å². The highest BCUT2D eigenvalue weighted by molar-refractivity contribution is 4.72. The number of nitrogens with two attached hydrogens (primary N) is 1. The van der Waals surface area contributed by atoms with E-state index >= 15 is 0 Å². The molecule has 1 aliphatic rings. The summed E-state index contributed by atoms with van der Waals surface area (Å²) in [7, 11) is 0. The standard InChI is InChI=1S/C7H14FNO/c8-5-7-2-1-6(10-7)3-4-9/h6-7H,1-5,9H2. The molecule has 3 heteroatoms. The van der Waals surface area contributed by atoms with Gasteiger partial charge in [0.15, 0.2) is 0 Å². The van der Waals surface area contributed by atoms with Gasteiger partial charge in [0.2, 0.25) is 0 Å². The van der Waals surface area contributed by atoms with Crippen molar-refractivity contribution in [1.29, 1.82) is 0 Å². The van der Waals surface area contributed by atoms with Gasteiger partial charge in [-0.05, 0) is 25.8 Å². The maximum absolute atomic E-state index is 12.0. The van der Waals surface area contributed by atoms with Gasteiger partial charge < -0.3 is 10.5 Å². The molecule has 2 atom stereocenters. The molecule has 2 unspecified atom stereocenters. The van der Waals surface area contributed by atoms with Crippen molar-refractivity contribution < 1.29 is 9.13 Å². The van der Waals surface area contributed by atoms with Crippen molar-refractivity contribution in [1.82, 2.24) is 0 Å². The Morgan fingerprint density at radius 1 is 1.40 bits per heavy atom. The lowest BCUT2D eigenvalue weighted by Gasteiger charge is -2.08. The highest BCUT2D eigenvalue weighted by Gasteiger charge is 2.23. The summed E-state index contributed by atoms with van der Waals surface area (Å²) in [6.07, 6.45) is 2.80. The topological polar surface area (TPSA) is 35.2 Å². The van der Waals surface area contributed by atoms with Crippen molar-refractivity contribution in [3.63, 3.8) is 0 Å². The Kier molecular flexibility index (Phi) is 3.09. The Hall–Kier alpha value is -0.150. The predicted molar refractivity (Wildman–Crippen MR) is 37.5 cm³/mol. The Bertz CT molecular complexity index is 99.6. The van der Waals surface area contributed by atoms with Gasteiger partial charge in [-0.2, -0.15) is 0 Å². The van der Waals surface area contributed by atoms with Crippen LogP contribution in [0.3, 0.4) is 0 Å². The fourth-order valence-corrected chi connectivity index (χ4v) is 1.29. The first-order chi connectivity index (χ1) is 4.86. The van der Waals surface area contributed by atoms with Gasteiger partial charge in [-0.1, -0.05) is 0 Å². The number of hydrogen-bond acceptors (Lipinski definition) is 2. The average molecular weight is 147 g/mol. The third kappa shape index (κ3) is 1.92. The minimum Gasteiger partial charge on any atom is -0.372 e. The van der Waals surface area contributed by atoms with Crippen LogP contribution in [0.1, 0.15) is 19.3 Å². The first-order valence-electron chi connectivity index (χ1n) is 3.78. The van der Waals surface area contributed by atoms with E-state index in [4.69, 9.17) is 10.5 Å². The number of halogens is 1. The average Bonchev–Trinajstić information content (AvgIpc) is 2.37. The maximum Gasteiger partial charge on any atom is 0.116 e. The molecule has 1 aliphatic heterocycles. The van der Waals surface area contributed by atoms with Crippen molar-refractivity contribution in [2.75, 3.05) is 13.2 Å². The zero-order valence-corrected chi connectivity index (χ0v) is 6.05. The van der Waals surface area contributed by atoms with Crippen molar-refractivity contribution in [2.24, 2.45) is 5.73 Å². The van der Waals surface area contributed by atoms with Crippen LogP contribution in [0.4, 0.5) is 4.39 Å². The van der Waals surface area contributed by atoms with E-state index in [0.29, 0.717) is 6.54 Å². The summed E-state index contributed by atoms with van der Waals surface area (Å²) < 4.78 is 17.3. The minimum atomic E-state index is -0.346. The molecule has 1 fully saturated rings. The normalized spacial score (nSPS) is 33.0. The fourth-order valence-electron chi connectivity index (χ4n) is 1.29. The Morgan fingerprint density at radius 2 is 2.10 bits per heavy atom. The highest BCUT2D eigenvalue weighted by atomic mass is 19.1. The molecule has 0 aliphatic carbocycles. The number of ether oxygens (including phenoxy) is 1. The molecule has 1 saturated heterocycles. The molecule has 1 heterocycles. The zero-order valence-electron chi connectivity index (χ0n) is 6.05. The first-order valence-corrected chi connectivity index (χ1v) is 3.78. The molecule has 2 N–H and O–H groups in total. The summed E-state index contributed by atoms with van der Waals surface area (Å²) in [4.78, 5) is 0. The minimum absolute atomic E-state index is 0.142. The third-order valence-corrected chi connectivity index (χ3v) is 1.86. The van der Waals surface area contributed by atoms with Crippen LogP contribution in [0.2, 0.25) is 0 Å². The Morgan fingerprint density at radius 3 is 2.60 bits per heavy atom. The van der Waals surface area contributed by atoms with E-state index in [1.807, 2.05) is 0 Å². The van der Waals surface area contributed by atoms with Gasteiger partial charge in [0.05, 0.1) is 12.2 Å². The van der Waals surface area contributed by atoms with Crippen LogP contribution < -0.4 is 5.73 Å². The lowest BCUT2D eigenvalue weighted by Crippen LogP contribution is -2.15. The van der Waals surface area contributed by atoms with Crippen LogP contribution in [-0.4, -0.2) is 25.4 Å². The molecule has 10 heavy (non-hydrogen) atoms. The number of hydrogen-bond donors (Lipinski definition) is 1. The lowest BCUT2D eigenvalue weighted by atomic mass is 10.1. The molecule has 0 aromatic rings. The quantitative estimate of drug-likeness (QED) is 0.642. The van der Waals surface area contributed by atoms with Crippen LogP contribution in [0, 0.1) is 0 Å². The van der Waals surface area contributed by atoms with E-state index in [1.165, 1.54) is 0 Å². The monoisotopic (exact) mass is 147 g/mol. The SMILES string of the molecule is NCCC1CCC(CF)O1. The van der Waals surface area contributed by atoms with E-state index in [-0.39, 0.29) is 18.9 Å². The van der Waals surface area contributed by atoms with Crippen molar-refractivity contribution >= 4 is 0 Å². The first kappa shape index (κ1) is 7.95. The summed E-state index contributed by atoms with van der Waals surface area (Å²) in [5.41, 5.74) is 5.32. The second kappa shape index (κ2) is 3.88. The largest absolute Gasteiger partial charge is 0.372 e. The molecule has 1 rings (SSSR count). The van der Waals surface area contributed by atoms with Crippen LogP contribution in [0.15, 0.2) is 0 Å². The maximum atomic E-state index is 12.0. The van der Waals surface area contributed by atoms with Gasteiger partial charge in [0, 0.05) is 0 Å².